The zero-order valence-electron chi connectivity index (χ0n) is 11.2. The van der Waals surface area contributed by atoms with Gasteiger partial charge >= 0.3 is 5.97 Å². The lowest BCUT2D eigenvalue weighted by atomic mass is 9.87. The molecule has 2 unspecified atom stereocenters. The van der Waals surface area contributed by atoms with E-state index in [1.165, 1.54) is 13.5 Å². The molecule has 1 fully saturated rings. The van der Waals surface area contributed by atoms with Crippen LogP contribution in [0.3, 0.4) is 0 Å². The van der Waals surface area contributed by atoms with Crippen LogP contribution >= 0.6 is 0 Å². The maximum atomic E-state index is 11.5. The Morgan fingerprint density at radius 2 is 2.18 bits per heavy atom. The van der Waals surface area contributed by atoms with Gasteiger partial charge in [-0.1, -0.05) is 6.42 Å². The predicted molar refractivity (Wildman–Crippen MR) is 66.6 cm³/mol. The second-order valence-electron chi connectivity index (χ2n) is 5.69. The molecule has 2 N–H and O–H groups in total. The van der Waals surface area contributed by atoms with Crippen LogP contribution in [0.4, 0.5) is 0 Å². The van der Waals surface area contributed by atoms with Gasteiger partial charge < -0.3 is 15.2 Å². The van der Waals surface area contributed by atoms with Gasteiger partial charge in [-0.15, -0.1) is 0 Å². The van der Waals surface area contributed by atoms with Crippen molar-refractivity contribution >= 4 is 5.97 Å². The molecule has 0 amide bonds. The number of carbonyl (C=O) groups excluding carboxylic acids is 1. The van der Waals surface area contributed by atoms with Gasteiger partial charge in [0.1, 0.15) is 0 Å². The summed E-state index contributed by atoms with van der Waals surface area (Å²) in [6, 6.07) is 0. The van der Waals surface area contributed by atoms with Crippen LogP contribution in [0.1, 0.15) is 39.5 Å². The molecule has 1 rings (SSSR count). The largest absolute Gasteiger partial charge is 0.469 e. The standard InChI is InChI=1S/C13H25NO3/c1-13(2,12(16)17-3)9-14-8-10-5-4-6-11(15)7-10/h10-11,14-15H,4-9H2,1-3H3. The molecule has 4 nitrogen and oxygen atoms in total. The fourth-order valence-electron chi connectivity index (χ4n) is 2.39. The van der Waals surface area contributed by atoms with Gasteiger partial charge in [0, 0.05) is 6.54 Å². The Bertz CT molecular complexity index is 253. The maximum absolute atomic E-state index is 11.5. The van der Waals surface area contributed by atoms with Crippen molar-refractivity contribution in [3.63, 3.8) is 0 Å². The van der Waals surface area contributed by atoms with E-state index in [2.05, 4.69) is 5.32 Å². The zero-order chi connectivity index (χ0) is 12.9. The van der Waals surface area contributed by atoms with Crippen LogP contribution in [0.2, 0.25) is 0 Å². The van der Waals surface area contributed by atoms with Gasteiger partial charge in [0.2, 0.25) is 0 Å². The second kappa shape index (κ2) is 6.36. The quantitative estimate of drug-likeness (QED) is 0.715. The Balaban J connectivity index is 2.25. The fraction of sp³-hybridized carbons (Fsp3) is 0.923. The highest BCUT2D eigenvalue weighted by molar-refractivity contribution is 5.76. The Morgan fingerprint density at radius 1 is 1.47 bits per heavy atom. The van der Waals surface area contributed by atoms with E-state index in [1.807, 2.05) is 13.8 Å². The molecule has 0 spiro atoms. The van der Waals surface area contributed by atoms with Gasteiger partial charge in [-0.3, -0.25) is 4.79 Å². The summed E-state index contributed by atoms with van der Waals surface area (Å²) in [5, 5.41) is 12.9. The minimum absolute atomic E-state index is 0.135. The fourth-order valence-corrected chi connectivity index (χ4v) is 2.39. The molecule has 1 saturated carbocycles. The van der Waals surface area contributed by atoms with Crippen molar-refractivity contribution in [2.45, 2.75) is 45.6 Å². The number of hydrogen-bond donors (Lipinski definition) is 2. The van der Waals surface area contributed by atoms with E-state index >= 15 is 0 Å². The van der Waals surface area contributed by atoms with E-state index in [4.69, 9.17) is 4.74 Å². The molecule has 1 aliphatic rings. The van der Waals surface area contributed by atoms with E-state index in [0.29, 0.717) is 12.5 Å². The van der Waals surface area contributed by atoms with E-state index in [-0.39, 0.29) is 12.1 Å². The van der Waals surface area contributed by atoms with Crippen LogP contribution in [0.25, 0.3) is 0 Å². The molecular formula is C13H25NO3. The van der Waals surface area contributed by atoms with Crippen LogP contribution in [0.5, 0.6) is 0 Å². The first-order chi connectivity index (χ1) is 7.95. The van der Waals surface area contributed by atoms with Gasteiger partial charge in [-0.05, 0) is 45.6 Å². The zero-order valence-corrected chi connectivity index (χ0v) is 11.2. The summed E-state index contributed by atoms with van der Waals surface area (Å²) in [5.41, 5.74) is -0.484. The first-order valence-electron chi connectivity index (χ1n) is 6.43. The van der Waals surface area contributed by atoms with Crippen LogP contribution in [0, 0.1) is 11.3 Å². The lowest BCUT2D eigenvalue weighted by Crippen LogP contribution is -2.39. The third-order valence-electron chi connectivity index (χ3n) is 3.49. The molecule has 0 aromatic heterocycles. The van der Waals surface area contributed by atoms with Crippen molar-refractivity contribution in [2.24, 2.45) is 11.3 Å². The van der Waals surface area contributed by atoms with Gasteiger partial charge in [0.05, 0.1) is 18.6 Å². The molecule has 2 atom stereocenters. The average molecular weight is 243 g/mol. The molecule has 0 radical (unpaired) electrons. The molecular weight excluding hydrogens is 218 g/mol. The Labute approximate surface area is 104 Å². The number of esters is 1. The Hall–Kier alpha value is -0.610. The summed E-state index contributed by atoms with van der Waals surface area (Å²) in [7, 11) is 1.42. The van der Waals surface area contributed by atoms with E-state index in [1.54, 1.807) is 0 Å². The molecule has 0 bridgehead atoms. The first kappa shape index (κ1) is 14.5. The normalized spacial score (nSPS) is 25.6. The number of aliphatic hydroxyl groups is 1. The number of methoxy groups -OCH3 is 1. The monoisotopic (exact) mass is 243 g/mol. The SMILES string of the molecule is COC(=O)C(C)(C)CNCC1CCCC(O)C1. The predicted octanol–water partition coefficient (Wildman–Crippen LogP) is 1.33. The number of aliphatic hydroxyl groups excluding tert-OH is 1. The van der Waals surface area contributed by atoms with Crippen LogP contribution in [-0.2, 0) is 9.53 Å². The summed E-state index contributed by atoms with van der Waals surface area (Å²) in [6.07, 6.45) is 3.95. The molecule has 0 aliphatic heterocycles. The number of ether oxygens (including phenoxy) is 1. The summed E-state index contributed by atoms with van der Waals surface area (Å²) < 4.78 is 4.76. The van der Waals surface area contributed by atoms with E-state index < -0.39 is 5.41 Å². The average Bonchev–Trinajstić information content (AvgIpc) is 2.27. The third-order valence-corrected chi connectivity index (χ3v) is 3.49. The number of hydrogen-bond acceptors (Lipinski definition) is 4. The summed E-state index contributed by atoms with van der Waals surface area (Å²) in [4.78, 5) is 11.5. The molecule has 17 heavy (non-hydrogen) atoms. The lowest BCUT2D eigenvalue weighted by Gasteiger charge is -2.28. The summed E-state index contributed by atoms with van der Waals surface area (Å²) in [6.45, 7) is 5.24. The Kier molecular flexibility index (Phi) is 5.40. The summed E-state index contributed by atoms with van der Waals surface area (Å²) >= 11 is 0. The van der Waals surface area contributed by atoms with Crippen molar-refractivity contribution in [1.29, 1.82) is 0 Å². The number of nitrogens with one attached hydrogen (secondary N) is 1. The molecule has 0 aromatic rings. The minimum atomic E-state index is -0.484. The van der Waals surface area contributed by atoms with Crippen LogP contribution in [-0.4, -0.2) is 37.4 Å². The van der Waals surface area contributed by atoms with Crippen LogP contribution < -0.4 is 5.32 Å². The highest BCUT2D eigenvalue weighted by Crippen LogP contribution is 2.24. The van der Waals surface area contributed by atoms with Gasteiger partial charge in [-0.2, -0.15) is 0 Å². The van der Waals surface area contributed by atoms with Gasteiger partial charge in [0.15, 0.2) is 0 Å². The number of carbonyl (C=O) groups is 1. The smallest absolute Gasteiger partial charge is 0.312 e. The van der Waals surface area contributed by atoms with Crippen molar-refractivity contribution in [1.82, 2.24) is 5.32 Å². The topological polar surface area (TPSA) is 58.6 Å². The van der Waals surface area contributed by atoms with E-state index in [9.17, 15) is 9.90 Å². The van der Waals surface area contributed by atoms with Gasteiger partial charge in [-0.25, -0.2) is 0 Å². The molecule has 0 saturated heterocycles. The van der Waals surface area contributed by atoms with Crippen LogP contribution in [0.15, 0.2) is 0 Å². The molecule has 1 aliphatic carbocycles. The molecule has 0 aromatic carbocycles. The highest BCUT2D eigenvalue weighted by atomic mass is 16.5. The van der Waals surface area contributed by atoms with Gasteiger partial charge in [0.25, 0.3) is 0 Å². The third kappa shape index (κ3) is 4.64. The molecule has 100 valence electrons. The maximum Gasteiger partial charge on any atom is 0.312 e. The summed E-state index contributed by atoms with van der Waals surface area (Å²) in [5.74, 6) is 0.348. The molecule has 0 heterocycles. The van der Waals surface area contributed by atoms with Crippen molar-refractivity contribution in [3.05, 3.63) is 0 Å². The van der Waals surface area contributed by atoms with Crippen molar-refractivity contribution in [3.8, 4) is 0 Å². The highest BCUT2D eigenvalue weighted by Gasteiger charge is 2.28. The number of rotatable bonds is 5. The Morgan fingerprint density at radius 3 is 2.76 bits per heavy atom. The lowest BCUT2D eigenvalue weighted by molar-refractivity contribution is -0.150. The molecule has 4 heteroatoms. The van der Waals surface area contributed by atoms with Crippen molar-refractivity contribution < 1.29 is 14.6 Å². The van der Waals surface area contributed by atoms with Crippen molar-refractivity contribution in [2.75, 3.05) is 20.2 Å². The van der Waals surface area contributed by atoms with E-state index in [0.717, 1.165) is 25.8 Å². The second-order valence-corrected chi connectivity index (χ2v) is 5.69. The first-order valence-corrected chi connectivity index (χ1v) is 6.43. The minimum Gasteiger partial charge on any atom is -0.469 e.